The molecule has 3 rings (SSSR count). The monoisotopic (exact) mass is 348 g/mol. The SMILES string of the molecule is O=C(CC1CCCCC1)N1CCN(C(=O)c2ccccc2Cl)CC1. The number of carbonyl (C=O) groups excluding carboxylic acids is 2. The second kappa shape index (κ2) is 8.02. The van der Waals surface area contributed by atoms with Gasteiger partial charge in [0.05, 0.1) is 10.6 Å². The van der Waals surface area contributed by atoms with Crippen LogP contribution in [0.3, 0.4) is 0 Å². The predicted octanol–water partition coefficient (Wildman–Crippen LogP) is 3.59. The van der Waals surface area contributed by atoms with Gasteiger partial charge in [-0.3, -0.25) is 9.59 Å². The number of halogens is 1. The topological polar surface area (TPSA) is 40.6 Å². The summed E-state index contributed by atoms with van der Waals surface area (Å²) in [5.41, 5.74) is 0.543. The van der Waals surface area contributed by atoms with E-state index in [4.69, 9.17) is 11.6 Å². The molecule has 1 aromatic carbocycles. The van der Waals surface area contributed by atoms with E-state index in [2.05, 4.69) is 0 Å². The van der Waals surface area contributed by atoms with Crippen LogP contribution < -0.4 is 0 Å². The first-order chi connectivity index (χ1) is 11.6. The van der Waals surface area contributed by atoms with E-state index >= 15 is 0 Å². The predicted molar refractivity (Wildman–Crippen MR) is 95.1 cm³/mol. The highest BCUT2D eigenvalue weighted by atomic mass is 35.5. The van der Waals surface area contributed by atoms with E-state index in [9.17, 15) is 9.59 Å². The molecule has 0 atom stereocenters. The van der Waals surface area contributed by atoms with Gasteiger partial charge >= 0.3 is 0 Å². The highest BCUT2D eigenvalue weighted by Crippen LogP contribution is 2.27. The quantitative estimate of drug-likeness (QED) is 0.837. The van der Waals surface area contributed by atoms with E-state index in [1.165, 1.54) is 32.1 Å². The molecule has 0 radical (unpaired) electrons. The standard InChI is InChI=1S/C19H25ClN2O2/c20-17-9-5-4-8-16(17)19(24)22-12-10-21(11-13-22)18(23)14-15-6-2-1-3-7-15/h4-5,8-9,15H,1-3,6-7,10-14H2. The maximum atomic E-state index is 12.6. The molecule has 1 aliphatic heterocycles. The number of nitrogens with zero attached hydrogens (tertiary/aromatic N) is 2. The van der Waals surface area contributed by atoms with Gasteiger partial charge in [0.25, 0.3) is 5.91 Å². The van der Waals surface area contributed by atoms with Gasteiger partial charge in [-0.2, -0.15) is 0 Å². The van der Waals surface area contributed by atoms with Crippen LogP contribution in [-0.4, -0.2) is 47.8 Å². The van der Waals surface area contributed by atoms with Crippen molar-refractivity contribution in [3.8, 4) is 0 Å². The highest BCUT2D eigenvalue weighted by molar-refractivity contribution is 6.33. The summed E-state index contributed by atoms with van der Waals surface area (Å²) in [6.45, 7) is 2.42. The van der Waals surface area contributed by atoms with Crippen molar-refractivity contribution in [3.05, 3.63) is 34.9 Å². The van der Waals surface area contributed by atoms with Crippen LogP contribution in [0.25, 0.3) is 0 Å². The van der Waals surface area contributed by atoms with Crippen molar-refractivity contribution in [2.75, 3.05) is 26.2 Å². The summed E-state index contributed by atoms with van der Waals surface area (Å²) in [4.78, 5) is 28.7. The minimum Gasteiger partial charge on any atom is -0.339 e. The summed E-state index contributed by atoms with van der Waals surface area (Å²) in [5.74, 6) is 0.778. The third kappa shape index (κ3) is 4.10. The van der Waals surface area contributed by atoms with Crippen molar-refractivity contribution in [1.29, 1.82) is 0 Å². The molecule has 24 heavy (non-hydrogen) atoms. The molecule has 0 bridgehead atoms. The van der Waals surface area contributed by atoms with Crippen LogP contribution in [0.2, 0.25) is 5.02 Å². The summed E-state index contributed by atoms with van der Waals surface area (Å²) in [7, 11) is 0. The smallest absolute Gasteiger partial charge is 0.255 e. The fourth-order valence-corrected chi connectivity index (χ4v) is 3.95. The molecule has 5 heteroatoms. The number of rotatable bonds is 3. The van der Waals surface area contributed by atoms with Gasteiger partial charge < -0.3 is 9.80 Å². The lowest BCUT2D eigenvalue weighted by Crippen LogP contribution is -2.50. The number of benzene rings is 1. The normalized spacial score (nSPS) is 19.4. The Labute approximate surface area is 148 Å². The van der Waals surface area contributed by atoms with Crippen LogP contribution in [0.5, 0.6) is 0 Å². The fraction of sp³-hybridized carbons (Fsp3) is 0.579. The van der Waals surface area contributed by atoms with Gasteiger partial charge in [-0.25, -0.2) is 0 Å². The Bertz CT molecular complexity index is 591. The second-order valence-electron chi connectivity index (χ2n) is 6.86. The van der Waals surface area contributed by atoms with Crippen LogP contribution in [0.1, 0.15) is 48.9 Å². The Morgan fingerprint density at radius 1 is 0.958 bits per heavy atom. The summed E-state index contributed by atoms with van der Waals surface area (Å²) in [6, 6.07) is 7.13. The maximum Gasteiger partial charge on any atom is 0.255 e. The van der Waals surface area contributed by atoms with Gasteiger partial charge in [-0.15, -0.1) is 0 Å². The lowest BCUT2D eigenvalue weighted by atomic mass is 9.86. The van der Waals surface area contributed by atoms with Crippen LogP contribution >= 0.6 is 11.6 Å². The Morgan fingerprint density at radius 2 is 1.58 bits per heavy atom. The van der Waals surface area contributed by atoms with Gasteiger partial charge in [0.1, 0.15) is 0 Å². The zero-order valence-corrected chi connectivity index (χ0v) is 14.8. The van der Waals surface area contributed by atoms with Crippen molar-refractivity contribution in [2.24, 2.45) is 5.92 Å². The number of hydrogen-bond donors (Lipinski definition) is 0. The molecule has 0 aromatic heterocycles. The summed E-state index contributed by atoms with van der Waals surface area (Å²) in [6.07, 6.45) is 6.90. The third-order valence-electron chi connectivity index (χ3n) is 5.21. The first-order valence-electron chi connectivity index (χ1n) is 8.97. The van der Waals surface area contributed by atoms with Gasteiger partial charge in [0.2, 0.25) is 5.91 Å². The van der Waals surface area contributed by atoms with Crippen molar-refractivity contribution >= 4 is 23.4 Å². The van der Waals surface area contributed by atoms with Gasteiger partial charge in [-0.05, 0) is 30.9 Å². The zero-order valence-electron chi connectivity index (χ0n) is 14.0. The molecule has 130 valence electrons. The summed E-state index contributed by atoms with van der Waals surface area (Å²) in [5, 5.41) is 0.485. The van der Waals surface area contributed by atoms with E-state index in [1.54, 1.807) is 17.0 Å². The zero-order chi connectivity index (χ0) is 16.9. The number of amides is 2. The molecule has 2 aliphatic rings. The summed E-state index contributed by atoms with van der Waals surface area (Å²) >= 11 is 6.11. The first-order valence-corrected chi connectivity index (χ1v) is 9.34. The third-order valence-corrected chi connectivity index (χ3v) is 5.54. The Kier molecular flexibility index (Phi) is 5.77. The molecular formula is C19H25ClN2O2. The van der Waals surface area contributed by atoms with Crippen molar-refractivity contribution in [3.63, 3.8) is 0 Å². The number of piperazine rings is 1. The minimum atomic E-state index is -0.0417. The number of carbonyl (C=O) groups is 2. The van der Waals surface area contributed by atoms with Crippen molar-refractivity contribution in [2.45, 2.75) is 38.5 Å². The van der Waals surface area contributed by atoms with Crippen LogP contribution in [0.15, 0.2) is 24.3 Å². The van der Waals surface area contributed by atoms with E-state index in [1.807, 2.05) is 17.0 Å². The highest BCUT2D eigenvalue weighted by Gasteiger charge is 2.27. The van der Waals surface area contributed by atoms with Crippen LogP contribution in [-0.2, 0) is 4.79 Å². The lowest BCUT2D eigenvalue weighted by molar-refractivity contribution is -0.133. The molecule has 0 N–H and O–H groups in total. The summed E-state index contributed by atoms with van der Waals surface area (Å²) < 4.78 is 0. The van der Waals surface area contributed by atoms with Crippen LogP contribution in [0.4, 0.5) is 0 Å². The van der Waals surface area contributed by atoms with E-state index in [0.717, 1.165) is 0 Å². The second-order valence-corrected chi connectivity index (χ2v) is 7.27. The number of hydrogen-bond acceptors (Lipinski definition) is 2. The molecule has 1 saturated heterocycles. The Morgan fingerprint density at radius 3 is 2.25 bits per heavy atom. The molecule has 0 spiro atoms. The lowest BCUT2D eigenvalue weighted by Gasteiger charge is -2.36. The van der Waals surface area contributed by atoms with Gasteiger partial charge in [-0.1, -0.05) is 43.0 Å². The molecule has 1 aliphatic carbocycles. The maximum absolute atomic E-state index is 12.6. The average molecular weight is 349 g/mol. The molecule has 4 nitrogen and oxygen atoms in total. The minimum absolute atomic E-state index is 0.0417. The van der Waals surface area contributed by atoms with Crippen LogP contribution in [0, 0.1) is 5.92 Å². The average Bonchev–Trinajstić information content (AvgIpc) is 2.62. The molecule has 2 fully saturated rings. The first kappa shape index (κ1) is 17.3. The Balaban J connectivity index is 1.51. The molecular weight excluding hydrogens is 324 g/mol. The molecule has 1 aromatic rings. The van der Waals surface area contributed by atoms with Crippen molar-refractivity contribution < 1.29 is 9.59 Å². The Hall–Kier alpha value is -1.55. The largest absolute Gasteiger partial charge is 0.339 e. The van der Waals surface area contributed by atoms with E-state index in [0.29, 0.717) is 49.1 Å². The molecule has 2 amide bonds. The van der Waals surface area contributed by atoms with E-state index in [-0.39, 0.29) is 11.8 Å². The van der Waals surface area contributed by atoms with Gasteiger partial charge in [0.15, 0.2) is 0 Å². The molecule has 0 unspecified atom stereocenters. The molecule has 1 heterocycles. The fourth-order valence-electron chi connectivity index (χ4n) is 3.73. The van der Waals surface area contributed by atoms with Gasteiger partial charge in [0, 0.05) is 32.6 Å². The molecule has 1 saturated carbocycles. The van der Waals surface area contributed by atoms with Crippen molar-refractivity contribution in [1.82, 2.24) is 9.80 Å². The van der Waals surface area contributed by atoms with E-state index < -0.39 is 0 Å².